The Morgan fingerprint density at radius 3 is 2.37 bits per heavy atom. The number of rotatable bonds is 7. The maximum absolute atomic E-state index is 13.3. The normalized spacial score (nSPS) is 25.2. The van der Waals surface area contributed by atoms with Crippen molar-refractivity contribution in [3.8, 4) is 6.07 Å². The van der Waals surface area contributed by atoms with Gasteiger partial charge in [-0.1, -0.05) is 60.7 Å². The molecule has 0 spiro atoms. The number of ether oxygens (including phenoxy) is 1. The Morgan fingerprint density at radius 2 is 1.77 bits per heavy atom. The number of hydrogen-bond acceptors (Lipinski definition) is 5. The summed E-state index contributed by atoms with van der Waals surface area (Å²) in [6.45, 7) is 2.18. The smallest absolute Gasteiger partial charge is 0.226 e. The molecule has 0 bridgehead atoms. The van der Waals surface area contributed by atoms with Gasteiger partial charge in [-0.2, -0.15) is 5.26 Å². The largest absolute Gasteiger partial charge is 0.394 e. The second kappa shape index (κ2) is 9.40. The Hall–Kier alpha value is -2.72. The van der Waals surface area contributed by atoms with E-state index in [2.05, 4.69) is 11.4 Å². The minimum Gasteiger partial charge on any atom is -0.394 e. The van der Waals surface area contributed by atoms with E-state index in [9.17, 15) is 15.2 Å². The fourth-order valence-electron chi connectivity index (χ4n) is 4.56. The molecule has 6 heteroatoms. The van der Waals surface area contributed by atoms with E-state index >= 15 is 0 Å². The van der Waals surface area contributed by atoms with Crippen LogP contribution >= 0.6 is 0 Å². The molecular weight excluding hydrogens is 378 g/mol. The van der Waals surface area contributed by atoms with Crippen LogP contribution in [0.4, 0.5) is 0 Å². The van der Waals surface area contributed by atoms with Crippen LogP contribution in [0.15, 0.2) is 60.7 Å². The minimum absolute atomic E-state index is 0.00573. The summed E-state index contributed by atoms with van der Waals surface area (Å²) in [5, 5.41) is 23.2. The van der Waals surface area contributed by atoms with Gasteiger partial charge in [0.25, 0.3) is 0 Å². The molecule has 156 valence electrons. The van der Waals surface area contributed by atoms with E-state index in [-0.39, 0.29) is 36.3 Å². The van der Waals surface area contributed by atoms with E-state index in [1.54, 1.807) is 0 Å². The number of benzene rings is 2. The number of nitrogens with zero attached hydrogens (tertiary/aromatic N) is 2. The van der Waals surface area contributed by atoms with Gasteiger partial charge in [0.2, 0.25) is 5.91 Å². The predicted octanol–water partition coefficient (Wildman–Crippen LogP) is 2.09. The first kappa shape index (κ1) is 20.5. The van der Waals surface area contributed by atoms with E-state index in [0.29, 0.717) is 26.3 Å². The van der Waals surface area contributed by atoms with Crippen LogP contribution in [-0.4, -0.2) is 54.9 Å². The number of nitriles is 1. The maximum Gasteiger partial charge on any atom is 0.226 e. The van der Waals surface area contributed by atoms with E-state index in [1.807, 2.05) is 65.6 Å². The van der Waals surface area contributed by atoms with Crippen molar-refractivity contribution in [1.82, 2.24) is 10.2 Å². The van der Waals surface area contributed by atoms with Crippen molar-refractivity contribution in [1.29, 1.82) is 5.26 Å². The molecule has 0 radical (unpaired) electrons. The summed E-state index contributed by atoms with van der Waals surface area (Å²) in [5.74, 6) is -0.281. The molecule has 30 heavy (non-hydrogen) atoms. The number of carbonyl (C=O) groups excluding carboxylic acids is 1. The number of amides is 1. The fraction of sp³-hybridized carbons (Fsp3) is 0.417. The summed E-state index contributed by atoms with van der Waals surface area (Å²) in [5.41, 5.74) is 2.00. The van der Waals surface area contributed by atoms with Gasteiger partial charge in [0, 0.05) is 24.9 Å². The van der Waals surface area contributed by atoms with Crippen LogP contribution in [-0.2, 0) is 9.53 Å². The summed E-state index contributed by atoms with van der Waals surface area (Å²) >= 11 is 0. The summed E-state index contributed by atoms with van der Waals surface area (Å²) in [4.78, 5) is 15.1. The molecule has 0 aromatic heterocycles. The average Bonchev–Trinajstić information content (AvgIpc) is 3.56. The molecule has 1 heterocycles. The summed E-state index contributed by atoms with van der Waals surface area (Å²) < 4.78 is 5.39. The monoisotopic (exact) mass is 405 g/mol. The topological polar surface area (TPSA) is 85.6 Å². The molecule has 5 atom stereocenters. The van der Waals surface area contributed by atoms with Gasteiger partial charge in [-0.15, -0.1) is 0 Å². The van der Waals surface area contributed by atoms with Gasteiger partial charge in [-0.05, 0) is 11.1 Å². The molecule has 6 nitrogen and oxygen atoms in total. The van der Waals surface area contributed by atoms with Crippen LogP contribution in [0, 0.1) is 23.2 Å². The molecule has 0 unspecified atom stereocenters. The van der Waals surface area contributed by atoms with Crippen molar-refractivity contribution in [2.75, 3.05) is 32.9 Å². The lowest BCUT2D eigenvalue weighted by Crippen LogP contribution is -2.43. The van der Waals surface area contributed by atoms with Crippen LogP contribution < -0.4 is 5.32 Å². The molecule has 2 N–H and O–H groups in total. The lowest BCUT2D eigenvalue weighted by atomic mass is 10.0. The van der Waals surface area contributed by atoms with Gasteiger partial charge in [-0.3, -0.25) is 10.1 Å². The van der Waals surface area contributed by atoms with Gasteiger partial charge < -0.3 is 14.7 Å². The Balaban J connectivity index is 1.56. The van der Waals surface area contributed by atoms with Crippen LogP contribution in [0.2, 0.25) is 0 Å². The fourth-order valence-corrected chi connectivity index (χ4v) is 4.56. The molecule has 2 aliphatic rings. The molecule has 1 saturated heterocycles. The predicted molar refractivity (Wildman–Crippen MR) is 112 cm³/mol. The first-order valence-corrected chi connectivity index (χ1v) is 10.5. The molecule has 2 aromatic carbocycles. The number of aliphatic hydroxyl groups excluding tert-OH is 1. The quantitative estimate of drug-likeness (QED) is 0.737. The number of nitrogens with one attached hydrogen (secondary N) is 1. The van der Waals surface area contributed by atoms with Gasteiger partial charge >= 0.3 is 0 Å². The van der Waals surface area contributed by atoms with Gasteiger partial charge in [0.05, 0.1) is 37.8 Å². The Morgan fingerprint density at radius 1 is 1.13 bits per heavy atom. The Labute approximate surface area is 177 Å². The number of hydrogen-bond donors (Lipinski definition) is 2. The van der Waals surface area contributed by atoms with E-state index < -0.39 is 6.04 Å². The molecule has 1 aliphatic carbocycles. The van der Waals surface area contributed by atoms with Gasteiger partial charge in [0.15, 0.2) is 0 Å². The summed E-state index contributed by atoms with van der Waals surface area (Å²) in [6, 6.07) is 21.0. The van der Waals surface area contributed by atoms with E-state index in [0.717, 1.165) is 11.1 Å². The molecule has 1 saturated carbocycles. The third-order valence-corrected chi connectivity index (χ3v) is 6.16. The molecule has 1 amide bonds. The standard InChI is InChI=1S/C24H27N3O3/c25-15-19(26-20(16-28)17-7-3-1-4-8-17)22-21(18-9-5-2-6-10-18)23(22)24(29)27-11-13-30-14-12-27/h1-10,19-23,26,28H,11-14,16H2/t19-,20+,21-,22+,23+/m0/s1. The second-order valence-corrected chi connectivity index (χ2v) is 7.90. The van der Waals surface area contributed by atoms with Crippen LogP contribution in [0.3, 0.4) is 0 Å². The van der Waals surface area contributed by atoms with Gasteiger partial charge in [0.1, 0.15) is 6.04 Å². The van der Waals surface area contributed by atoms with Gasteiger partial charge in [-0.25, -0.2) is 0 Å². The number of morpholine rings is 1. The molecule has 4 rings (SSSR count). The third kappa shape index (κ3) is 4.24. The summed E-state index contributed by atoms with van der Waals surface area (Å²) in [6.07, 6.45) is 0. The highest BCUT2D eigenvalue weighted by Crippen LogP contribution is 2.56. The first-order chi connectivity index (χ1) is 14.7. The minimum atomic E-state index is -0.539. The third-order valence-electron chi connectivity index (χ3n) is 6.16. The van der Waals surface area contributed by atoms with E-state index in [1.165, 1.54) is 0 Å². The highest BCUT2D eigenvalue weighted by molar-refractivity contribution is 5.84. The zero-order valence-corrected chi connectivity index (χ0v) is 16.9. The zero-order valence-electron chi connectivity index (χ0n) is 16.9. The lowest BCUT2D eigenvalue weighted by molar-refractivity contribution is -0.137. The highest BCUT2D eigenvalue weighted by atomic mass is 16.5. The number of aliphatic hydroxyl groups is 1. The van der Waals surface area contributed by atoms with Crippen LogP contribution in [0.25, 0.3) is 0 Å². The van der Waals surface area contributed by atoms with Crippen molar-refractivity contribution in [2.24, 2.45) is 11.8 Å². The zero-order chi connectivity index (χ0) is 20.9. The van der Waals surface area contributed by atoms with Crippen LogP contribution in [0.1, 0.15) is 23.1 Å². The first-order valence-electron chi connectivity index (χ1n) is 10.5. The SMILES string of the molecule is N#C[C@H](N[C@H](CO)c1ccccc1)[C@H]1[C@H](C(=O)N2CCOCC2)[C@H]1c1ccccc1. The van der Waals surface area contributed by atoms with Crippen molar-refractivity contribution in [3.63, 3.8) is 0 Å². The highest BCUT2D eigenvalue weighted by Gasteiger charge is 2.60. The lowest BCUT2D eigenvalue weighted by Gasteiger charge is -2.27. The average molecular weight is 405 g/mol. The second-order valence-electron chi connectivity index (χ2n) is 7.90. The Kier molecular flexibility index (Phi) is 6.44. The molecule has 1 aliphatic heterocycles. The summed E-state index contributed by atoms with van der Waals surface area (Å²) in [7, 11) is 0. The Bertz CT molecular complexity index is 878. The maximum atomic E-state index is 13.3. The van der Waals surface area contributed by atoms with E-state index in [4.69, 9.17) is 4.74 Å². The molecule has 2 aromatic rings. The van der Waals surface area contributed by atoms with Crippen molar-refractivity contribution < 1.29 is 14.6 Å². The molecule has 2 fully saturated rings. The molecular formula is C24H27N3O3. The van der Waals surface area contributed by atoms with Crippen molar-refractivity contribution in [3.05, 3.63) is 71.8 Å². The number of carbonyl (C=O) groups is 1. The van der Waals surface area contributed by atoms with Crippen LogP contribution in [0.5, 0.6) is 0 Å². The van der Waals surface area contributed by atoms with Crippen molar-refractivity contribution >= 4 is 5.91 Å². The van der Waals surface area contributed by atoms with Crippen molar-refractivity contribution in [2.45, 2.75) is 18.0 Å².